The minimum Gasteiger partial charge on any atom is -0.347 e. The maximum Gasteiger partial charge on any atom is 0.252 e. The molecule has 4 rings (SSSR count). The minimum absolute atomic E-state index is 0.123. The fraction of sp³-hybridized carbons (Fsp3) is 0.222. The quantitative estimate of drug-likeness (QED) is 0.572. The second kappa shape index (κ2) is 6.97. The maximum atomic E-state index is 12.7. The first kappa shape index (κ1) is 16.9. The topological polar surface area (TPSA) is 72.7 Å². The van der Waals surface area contributed by atoms with Crippen molar-refractivity contribution in [3.05, 3.63) is 62.0 Å². The van der Waals surface area contributed by atoms with E-state index in [2.05, 4.69) is 26.4 Å². The van der Waals surface area contributed by atoms with E-state index in [9.17, 15) is 4.79 Å². The molecule has 0 fully saturated rings. The van der Waals surface area contributed by atoms with Gasteiger partial charge in [0.05, 0.1) is 35.2 Å². The molecule has 0 aliphatic heterocycles. The number of pyridine rings is 1. The van der Waals surface area contributed by atoms with Gasteiger partial charge < -0.3 is 5.32 Å². The number of nitrogens with zero attached hydrogens (tertiary/aromatic N) is 4. The van der Waals surface area contributed by atoms with Crippen molar-refractivity contribution in [2.24, 2.45) is 0 Å². The normalized spacial score (nSPS) is 11.2. The number of aromatic nitrogens is 4. The van der Waals surface area contributed by atoms with Gasteiger partial charge in [-0.25, -0.2) is 14.6 Å². The Balaban J connectivity index is 1.62. The molecule has 4 aromatic heterocycles. The average Bonchev–Trinajstić information content (AvgIpc) is 3.35. The van der Waals surface area contributed by atoms with Crippen molar-refractivity contribution < 1.29 is 4.79 Å². The highest BCUT2D eigenvalue weighted by atomic mass is 32.1. The molecule has 0 radical (unpaired) electrons. The summed E-state index contributed by atoms with van der Waals surface area (Å²) in [7, 11) is 0. The summed E-state index contributed by atoms with van der Waals surface area (Å²) in [6.45, 7) is 4.97. The third-order valence-electron chi connectivity index (χ3n) is 3.96. The van der Waals surface area contributed by atoms with Gasteiger partial charge in [-0.15, -0.1) is 22.7 Å². The fourth-order valence-corrected chi connectivity index (χ4v) is 4.20. The number of rotatable bonds is 5. The minimum atomic E-state index is -0.123. The standard InChI is InChI=1S/C18H17N5OS2/c1-11-6-15(18(24)20-8-14-7-19-12(2)26-14)16-9-21-23(17(16)22-11)10-13-4-3-5-25-13/h3-7,9H,8,10H2,1-2H3,(H,20,24). The van der Waals surface area contributed by atoms with E-state index in [4.69, 9.17) is 0 Å². The van der Waals surface area contributed by atoms with Crippen molar-refractivity contribution in [3.63, 3.8) is 0 Å². The van der Waals surface area contributed by atoms with E-state index in [1.165, 1.54) is 4.88 Å². The van der Waals surface area contributed by atoms with Crippen LogP contribution in [-0.2, 0) is 13.1 Å². The monoisotopic (exact) mass is 383 g/mol. The third kappa shape index (κ3) is 3.38. The predicted molar refractivity (Wildman–Crippen MR) is 104 cm³/mol. The molecule has 0 aliphatic carbocycles. The molecule has 1 N–H and O–H groups in total. The summed E-state index contributed by atoms with van der Waals surface area (Å²) in [4.78, 5) is 23.8. The van der Waals surface area contributed by atoms with Gasteiger partial charge in [-0.2, -0.15) is 5.10 Å². The molecule has 0 saturated carbocycles. The van der Waals surface area contributed by atoms with Crippen LogP contribution in [0.15, 0.2) is 36.0 Å². The summed E-state index contributed by atoms with van der Waals surface area (Å²) in [6, 6.07) is 5.90. The number of fused-ring (bicyclic) bond motifs is 1. The van der Waals surface area contributed by atoms with Crippen molar-refractivity contribution >= 4 is 39.6 Å². The molecule has 1 amide bonds. The Hall–Kier alpha value is -2.58. The molecule has 4 aromatic rings. The van der Waals surface area contributed by atoms with Crippen LogP contribution in [0.1, 0.15) is 30.8 Å². The lowest BCUT2D eigenvalue weighted by molar-refractivity contribution is 0.0953. The van der Waals surface area contributed by atoms with Crippen molar-refractivity contribution in [3.8, 4) is 0 Å². The molecule has 0 aromatic carbocycles. The molecular weight excluding hydrogens is 366 g/mol. The van der Waals surface area contributed by atoms with E-state index in [0.29, 0.717) is 18.7 Å². The molecule has 6 nitrogen and oxygen atoms in total. The Kier molecular flexibility index (Phi) is 4.52. The molecule has 0 bridgehead atoms. The van der Waals surface area contributed by atoms with Crippen LogP contribution in [0.3, 0.4) is 0 Å². The summed E-state index contributed by atoms with van der Waals surface area (Å²) in [5.74, 6) is -0.123. The molecule has 26 heavy (non-hydrogen) atoms. The van der Waals surface area contributed by atoms with Crippen LogP contribution < -0.4 is 5.32 Å². The summed E-state index contributed by atoms with van der Waals surface area (Å²) in [6.07, 6.45) is 3.52. The van der Waals surface area contributed by atoms with E-state index in [0.717, 1.165) is 26.6 Å². The molecule has 0 atom stereocenters. The van der Waals surface area contributed by atoms with Crippen LogP contribution in [-0.4, -0.2) is 25.7 Å². The van der Waals surface area contributed by atoms with Gasteiger partial charge in [0.15, 0.2) is 5.65 Å². The summed E-state index contributed by atoms with van der Waals surface area (Å²) in [5.41, 5.74) is 2.13. The molecule has 132 valence electrons. The number of nitrogens with one attached hydrogen (secondary N) is 1. The maximum absolute atomic E-state index is 12.7. The Morgan fingerprint density at radius 3 is 2.88 bits per heavy atom. The van der Waals surface area contributed by atoms with Crippen LogP contribution in [0, 0.1) is 13.8 Å². The zero-order valence-corrected chi connectivity index (χ0v) is 16.0. The van der Waals surface area contributed by atoms with Crippen molar-refractivity contribution in [2.75, 3.05) is 0 Å². The number of carbonyl (C=O) groups is 1. The lowest BCUT2D eigenvalue weighted by Crippen LogP contribution is -2.22. The van der Waals surface area contributed by atoms with E-state index in [1.807, 2.05) is 36.0 Å². The van der Waals surface area contributed by atoms with Gasteiger partial charge in [-0.05, 0) is 31.4 Å². The van der Waals surface area contributed by atoms with Crippen molar-refractivity contribution in [2.45, 2.75) is 26.9 Å². The van der Waals surface area contributed by atoms with Crippen molar-refractivity contribution in [1.82, 2.24) is 25.1 Å². The summed E-state index contributed by atoms with van der Waals surface area (Å²) < 4.78 is 1.84. The van der Waals surface area contributed by atoms with Gasteiger partial charge in [0, 0.05) is 21.6 Å². The second-order valence-electron chi connectivity index (χ2n) is 5.96. The molecule has 4 heterocycles. The number of hydrogen-bond acceptors (Lipinski definition) is 6. The van der Waals surface area contributed by atoms with Crippen LogP contribution >= 0.6 is 22.7 Å². The van der Waals surface area contributed by atoms with Crippen LogP contribution in [0.4, 0.5) is 0 Å². The van der Waals surface area contributed by atoms with Gasteiger partial charge in [-0.1, -0.05) is 6.07 Å². The smallest absolute Gasteiger partial charge is 0.252 e. The average molecular weight is 384 g/mol. The van der Waals surface area contributed by atoms with Crippen LogP contribution in [0.2, 0.25) is 0 Å². The fourth-order valence-electron chi connectivity index (χ4n) is 2.78. The van der Waals surface area contributed by atoms with E-state index < -0.39 is 0 Å². The Bertz CT molecular complexity index is 1060. The highest BCUT2D eigenvalue weighted by molar-refractivity contribution is 7.11. The molecule has 0 unspecified atom stereocenters. The largest absolute Gasteiger partial charge is 0.347 e. The lowest BCUT2D eigenvalue weighted by Gasteiger charge is -2.07. The number of thiazole rings is 1. The number of aryl methyl sites for hydroxylation is 2. The third-order valence-corrected chi connectivity index (χ3v) is 5.73. The number of hydrogen-bond donors (Lipinski definition) is 1. The molecule has 0 saturated heterocycles. The Morgan fingerprint density at radius 2 is 2.15 bits per heavy atom. The lowest BCUT2D eigenvalue weighted by atomic mass is 10.1. The molecular formula is C18H17N5OS2. The number of amides is 1. The zero-order chi connectivity index (χ0) is 18.1. The first-order valence-electron chi connectivity index (χ1n) is 8.15. The highest BCUT2D eigenvalue weighted by Gasteiger charge is 2.16. The second-order valence-corrected chi connectivity index (χ2v) is 8.31. The van der Waals surface area contributed by atoms with Crippen LogP contribution in [0.25, 0.3) is 11.0 Å². The summed E-state index contributed by atoms with van der Waals surface area (Å²) in [5, 5.41) is 11.2. The highest BCUT2D eigenvalue weighted by Crippen LogP contribution is 2.21. The van der Waals surface area contributed by atoms with Gasteiger partial charge in [0.1, 0.15) is 0 Å². The van der Waals surface area contributed by atoms with Gasteiger partial charge in [0.25, 0.3) is 5.91 Å². The van der Waals surface area contributed by atoms with Gasteiger partial charge >= 0.3 is 0 Å². The summed E-state index contributed by atoms with van der Waals surface area (Å²) >= 11 is 3.26. The predicted octanol–water partition coefficient (Wildman–Crippen LogP) is 3.54. The first-order chi connectivity index (χ1) is 12.6. The zero-order valence-electron chi connectivity index (χ0n) is 14.4. The molecule has 0 spiro atoms. The number of thiophene rings is 1. The van der Waals surface area contributed by atoms with Gasteiger partial charge in [0.2, 0.25) is 0 Å². The van der Waals surface area contributed by atoms with E-state index >= 15 is 0 Å². The van der Waals surface area contributed by atoms with E-state index in [1.54, 1.807) is 35.1 Å². The van der Waals surface area contributed by atoms with Gasteiger partial charge in [-0.3, -0.25) is 4.79 Å². The first-order valence-corrected chi connectivity index (χ1v) is 9.85. The number of carbonyl (C=O) groups excluding carboxylic acids is 1. The van der Waals surface area contributed by atoms with E-state index in [-0.39, 0.29) is 5.91 Å². The molecule has 8 heteroatoms. The van der Waals surface area contributed by atoms with Crippen molar-refractivity contribution in [1.29, 1.82) is 0 Å². The van der Waals surface area contributed by atoms with Crippen LogP contribution in [0.5, 0.6) is 0 Å². The SMILES string of the molecule is Cc1cc(C(=O)NCc2cnc(C)s2)c2cnn(Cc3cccs3)c2n1. The Labute approximate surface area is 158 Å². The Morgan fingerprint density at radius 1 is 1.27 bits per heavy atom. The molecule has 0 aliphatic rings.